The number of urea groups is 1. The summed E-state index contributed by atoms with van der Waals surface area (Å²) in [7, 11) is 1.62. The van der Waals surface area contributed by atoms with Crippen molar-refractivity contribution in [1.29, 1.82) is 0 Å². The summed E-state index contributed by atoms with van der Waals surface area (Å²) < 4.78 is 5.20. The predicted octanol–water partition coefficient (Wildman–Crippen LogP) is 3.20. The summed E-state index contributed by atoms with van der Waals surface area (Å²) in [6, 6.07) is 12.9. The first-order valence-corrected chi connectivity index (χ1v) is 9.05. The lowest BCUT2D eigenvalue weighted by Crippen LogP contribution is -2.33. The van der Waals surface area contributed by atoms with Crippen LogP contribution in [0, 0.1) is 12.8 Å². The minimum atomic E-state index is -0.417. The number of nitrogens with two attached hydrogens (primary N) is 1. The van der Waals surface area contributed by atoms with Gasteiger partial charge in [0.25, 0.3) is 0 Å². The van der Waals surface area contributed by atoms with Gasteiger partial charge in [-0.15, -0.1) is 0 Å². The Hall–Kier alpha value is -3.02. The summed E-state index contributed by atoms with van der Waals surface area (Å²) in [6.07, 6.45) is 1.77. The van der Waals surface area contributed by atoms with Crippen molar-refractivity contribution >= 4 is 17.6 Å². The van der Waals surface area contributed by atoms with Crippen LogP contribution in [0.1, 0.15) is 27.9 Å². The molecule has 0 bridgehead atoms. The zero-order chi connectivity index (χ0) is 19.4. The van der Waals surface area contributed by atoms with Gasteiger partial charge in [0.1, 0.15) is 5.75 Å². The predicted molar refractivity (Wildman–Crippen MR) is 105 cm³/mol. The maximum atomic E-state index is 12.6. The van der Waals surface area contributed by atoms with E-state index in [1.54, 1.807) is 13.2 Å². The highest BCUT2D eigenvalue weighted by atomic mass is 16.5. The zero-order valence-electron chi connectivity index (χ0n) is 15.7. The first-order chi connectivity index (χ1) is 13.0. The van der Waals surface area contributed by atoms with E-state index in [4.69, 9.17) is 10.5 Å². The molecule has 6 nitrogen and oxygen atoms in total. The standard InChI is InChI=1S/C21H25N3O3/c1-14-10-18(27-2)6-7-19(14)23-21(26)24-9-8-16(13-24)11-15-4-3-5-17(12-15)20(22)25/h3-7,10,12,16H,8-9,11,13H2,1-2H3,(H2,22,25)(H,23,26)/t16-/m1/s1. The first kappa shape index (κ1) is 18.8. The quantitative estimate of drug-likeness (QED) is 0.851. The second kappa shape index (κ2) is 8.12. The number of methoxy groups -OCH3 is 1. The SMILES string of the molecule is COc1ccc(NC(=O)N2CC[C@H](Cc3cccc(C(N)=O)c3)C2)c(C)c1. The van der Waals surface area contributed by atoms with Gasteiger partial charge >= 0.3 is 6.03 Å². The molecule has 2 aromatic rings. The number of carbonyl (C=O) groups excluding carboxylic acids is 2. The zero-order valence-corrected chi connectivity index (χ0v) is 15.7. The smallest absolute Gasteiger partial charge is 0.321 e. The Morgan fingerprint density at radius 2 is 2.07 bits per heavy atom. The molecular formula is C21H25N3O3. The van der Waals surface area contributed by atoms with E-state index in [-0.39, 0.29) is 6.03 Å². The molecule has 0 radical (unpaired) electrons. The number of nitrogens with zero attached hydrogens (tertiary/aromatic N) is 1. The molecule has 0 aromatic heterocycles. The van der Waals surface area contributed by atoms with E-state index in [1.165, 1.54) is 0 Å². The second-order valence-corrected chi connectivity index (χ2v) is 6.98. The summed E-state index contributed by atoms with van der Waals surface area (Å²) in [5.74, 6) is 0.722. The fourth-order valence-corrected chi connectivity index (χ4v) is 3.47. The fourth-order valence-electron chi connectivity index (χ4n) is 3.47. The molecule has 3 rings (SSSR count). The summed E-state index contributed by atoms with van der Waals surface area (Å²) >= 11 is 0. The van der Waals surface area contributed by atoms with Crippen molar-refractivity contribution in [3.63, 3.8) is 0 Å². The third-order valence-electron chi connectivity index (χ3n) is 4.98. The van der Waals surface area contributed by atoms with E-state index in [9.17, 15) is 9.59 Å². The molecular weight excluding hydrogens is 342 g/mol. The van der Waals surface area contributed by atoms with E-state index in [0.717, 1.165) is 42.0 Å². The number of hydrogen-bond donors (Lipinski definition) is 2. The molecule has 0 aliphatic carbocycles. The number of primary amides is 1. The Bertz CT molecular complexity index is 850. The highest BCUT2D eigenvalue weighted by Gasteiger charge is 2.26. The molecule has 0 unspecified atom stereocenters. The van der Waals surface area contributed by atoms with Crippen LogP contribution in [-0.2, 0) is 6.42 Å². The lowest BCUT2D eigenvalue weighted by molar-refractivity contribution is 0.1000. The molecule has 1 heterocycles. The minimum Gasteiger partial charge on any atom is -0.497 e. The molecule has 1 aliphatic rings. The highest BCUT2D eigenvalue weighted by molar-refractivity contribution is 5.93. The summed E-state index contributed by atoms with van der Waals surface area (Å²) in [6.45, 7) is 3.36. The third kappa shape index (κ3) is 4.58. The van der Waals surface area contributed by atoms with Crippen molar-refractivity contribution in [3.8, 4) is 5.75 Å². The summed E-state index contributed by atoms with van der Waals surface area (Å²) in [5.41, 5.74) is 8.70. The van der Waals surface area contributed by atoms with Crippen LogP contribution in [0.5, 0.6) is 5.75 Å². The fraction of sp³-hybridized carbons (Fsp3) is 0.333. The van der Waals surface area contributed by atoms with Gasteiger partial charge in [-0.2, -0.15) is 0 Å². The lowest BCUT2D eigenvalue weighted by atomic mass is 9.97. The number of benzene rings is 2. The molecule has 0 saturated carbocycles. The number of carbonyl (C=O) groups is 2. The third-order valence-corrected chi connectivity index (χ3v) is 4.98. The number of rotatable bonds is 5. The highest BCUT2D eigenvalue weighted by Crippen LogP contribution is 2.24. The molecule has 1 aliphatic heterocycles. The number of amides is 3. The number of anilines is 1. The van der Waals surface area contributed by atoms with Crippen LogP contribution in [0.4, 0.5) is 10.5 Å². The molecule has 1 fully saturated rings. The number of nitrogens with one attached hydrogen (secondary N) is 1. The van der Waals surface area contributed by atoms with Gasteiger partial charge in [0.15, 0.2) is 0 Å². The summed E-state index contributed by atoms with van der Waals surface area (Å²) in [5, 5.41) is 2.98. The molecule has 1 atom stereocenters. The number of hydrogen-bond acceptors (Lipinski definition) is 3. The average Bonchev–Trinajstić information content (AvgIpc) is 3.12. The number of aryl methyl sites for hydroxylation is 1. The molecule has 142 valence electrons. The van der Waals surface area contributed by atoms with Crippen molar-refractivity contribution in [3.05, 3.63) is 59.2 Å². The minimum absolute atomic E-state index is 0.0864. The lowest BCUT2D eigenvalue weighted by Gasteiger charge is -2.19. The van der Waals surface area contributed by atoms with Crippen molar-refractivity contribution < 1.29 is 14.3 Å². The van der Waals surface area contributed by atoms with Crippen LogP contribution >= 0.6 is 0 Å². The Morgan fingerprint density at radius 1 is 1.26 bits per heavy atom. The van der Waals surface area contributed by atoms with E-state index < -0.39 is 5.91 Å². The van der Waals surface area contributed by atoms with Crippen LogP contribution in [0.2, 0.25) is 0 Å². The number of likely N-dealkylation sites (tertiary alicyclic amines) is 1. The largest absolute Gasteiger partial charge is 0.497 e. The average molecular weight is 367 g/mol. The van der Waals surface area contributed by atoms with Crippen LogP contribution in [-0.4, -0.2) is 37.0 Å². The van der Waals surface area contributed by atoms with Crippen LogP contribution in [0.25, 0.3) is 0 Å². The van der Waals surface area contributed by atoms with Gasteiger partial charge in [-0.05, 0) is 67.1 Å². The molecule has 0 spiro atoms. The topological polar surface area (TPSA) is 84.7 Å². The van der Waals surface area contributed by atoms with E-state index in [0.29, 0.717) is 18.0 Å². The van der Waals surface area contributed by atoms with Crippen molar-refractivity contribution in [2.24, 2.45) is 11.7 Å². The van der Waals surface area contributed by atoms with Gasteiger partial charge in [-0.1, -0.05) is 12.1 Å². The Morgan fingerprint density at radius 3 is 2.78 bits per heavy atom. The first-order valence-electron chi connectivity index (χ1n) is 9.05. The van der Waals surface area contributed by atoms with Gasteiger partial charge in [0.2, 0.25) is 5.91 Å². The van der Waals surface area contributed by atoms with Gasteiger partial charge in [-0.3, -0.25) is 4.79 Å². The maximum Gasteiger partial charge on any atom is 0.321 e. The monoisotopic (exact) mass is 367 g/mol. The van der Waals surface area contributed by atoms with Crippen LogP contribution < -0.4 is 15.8 Å². The molecule has 3 amide bonds. The Kier molecular flexibility index (Phi) is 5.64. The number of ether oxygens (including phenoxy) is 1. The Balaban J connectivity index is 1.58. The van der Waals surface area contributed by atoms with E-state index in [1.807, 2.05) is 48.2 Å². The second-order valence-electron chi connectivity index (χ2n) is 6.98. The molecule has 27 heavy (non-hydrogen) atoms. The van der Waals surface area contributed by atoms with E-state index >= 15 is 0 Å². The molecule has 3 N–H and O–H groups in total. The van der Waals surface area contributed by atoms with Gasteiger partial charge in [-0.25, -0.2) is 4.79 Å². The molecule has 2 aromatic carbocycles. The molecule has 6 heteroatoms. The maximum absolute atomic E-state index is 12.6. The van der Waals surface area contributed by atoms with Crippen LogP contribution in [0.15, 0.2) is 42.5 Å². The van der Waals surface area contributed by atoms with Crippen molar-refractivity contribution in [2.45, 2.75) is 19.8 Å². The van der Waals surface area contributed by atoms with Crippen LogP contribution in [0.3, 0.4) is 0 Å². The van der Waals surface area contributed by atoms with Gasteiger partial charge < -0.3 is 20.7 Å². The van der Waals surface area contributed by atoms with Crippen molar-refractivity contribution in [2.75, 3.05) is 25.5 Å². The normalized spacial score (nSPS) is 16.2. The summed E-state index contributed by atoms with van der Waals surface area (Å²) in [4.78, 5) is 25.8. The van der Waals surface area contributed by atoms with E-state index in [2.05, 4.69) is 5.32 Å². The van der Waals surface area contributed by atoms with Gasteiger partial charge in [0, 0.05) is 24.3 Å². The Labute approximate surface area is 159 Å². The van der Waals surface area contributed by atoms with Gasteiger partial charge in [0.05, 0.1) is 7.11 Å². The molecule has 1 saturated heterocycles. The van der Waals surface area contributed by atoms with Crippen molar-refractivity contribution in [1.82, 2.24) is 4.90 Å².